The Labute approximate surface area is 71.7 Å². The Balaban J connectivity index is 4.34. The van der Waals surface area contributed by atoms with Gasteiger partial charge < -0.3 is 5.73 Å². The van der Waals surface area contributed by atoms with Gasteiger partial charge in [0.05, 0.1) is 8.07 Å². The molecule has 66 valence electrons. The Morgan fingerprint density at radius 2 is 1.73 bits per heavy atom. The molecule has 0 spiro atoms. The highest BCUT2D eigenvalue weighted by Gasteiger charge is 2.31. The molecule has 2 heteroatoms. The predicted molar refractivity (Wildman–Crippen MR) is 55.4 cm³/mol. The van der Waals surface area contributed by atoms with Gasteiger partial charge in [-0.2, -0.15) is 0 Å². The fourth-order valence-electron chi connectivity index (χ4n) is 0.613. The topological polar surface area (TPSA) is 26.0 Å². The monoisotopic (exact) mass is 171 g/mol. The average molecular weight is 171 g/mol. The van der Waals surface area contributed by atoms with Gasteiger partial charge in [0, 0.05) is 6.54 Å². The molecule has 0 amide bonds. The third kappa shape index (κ3) is 3.21. The molecule has 0 aliphatic carbocycles. The summed E-state index contributed by atoms with van der Waals surface area (Å²) in [4.78, 5) is 0. The molecule has 0 aromatic rings. The van der Waals surface area contributed by atoms with Crippen molar-refractivity contribution in [3.8, 4) is 0 Å². The van der Waals surface area contributed by atoms with E-state index in [2.05, 4.69) is 45.6 Å². The molecule has 0 bridgehead atoms. The molecule has 1 nitrogen and oxygen atoms in total. The lowest BCUT2D eigenvalue weighted by Crippen LogP contribution is -2.35. The predicted octanol–water partition coefficient (Wildman–Crippen LogP) is 2.55. The molecule has 0 saturated carbocycles. The molecular formula is C9H21NSi. The van der Waals surface area contributed by atoms with Gasteiger partial charge in [0.15, 0.2) is 0 Å². The molecule has 0 aliphatic heterocycles. The van der Waals surface area contributed by atoms with Crippen LogP contribution in [0.1, 0.15) is 20.8 Å². The summed E-state index contributed by atoms with van der Waals surface area (Å²) in [5.41, 5.74) is 7.75. The van der Waals surface area contributed by atoms with Crippen LogP contribution in [0.3, 0.4) is 0 Å². The maximum Gasteiger partial charge on any atom is 0.0766 e. The normalized spacial score (nSPS) is 14.4. The minimum absolute atomic E-state index is 0.443. The Morgan fingerprint density at radius 3 is 2.00 bits per heavy atom. The van der Waals surface area contributed by atoms with Crippen LogP contribution in [0.5, 0.6) is 0 Å². The average Bonchev–Trinajstić information content (AvgIpc) is 1.81. The quantitative estimate of drug-likeness (QED) is 0.635. The highest BCUT2D eigenvalue weighted by Crippen LogP contribution is 2.36. The highest BCUT2D eigenvalue weighted by atomic mass is 28.3. The van der Waals surface area contributed by atoms with E-state index in [-0.39, 0.29) is 0 Å². The van der Waals surface area contributed by atoms with Crippen molar-refractivity contribution < 1.29 is 0 Å². The van der Waals surface area contributed by atoms with E-state index in [1.807, 2.05) is 0 Å². The molecular weight excluding hydrogens is 150 g/mol. The van der Waals surface area contributed by atoms with Gasteiger partial charge in [-0.3, -0.25) is 0 Å². The van der Waals surface area contributed by atoms with Crippen molar-refractivity contribution in [2.24, 2.45) is 5.73 Å². The van der Waals surface area contributed by atoms with E-state index < -0.39 is 8.07 Å². The highest BCUT2D eigenvalue weighted by molar-refractivity contribution is 6.84. The number of hydrogen-bond acceptors (Lipinski definition) is 1. The van der Waals surface area contributed by atoms with Crippen LogP contribution in [0.2, 0.25) is 18.1 Å². The number of nitrogens with two attached hydrogens (primary N) is 1. The molecule has 0 heterocycles. The zero-order valence-corrected chi connectivity index (χ0v) is 9.44. The first-order valence-electron chi connectivity index (χ1n) is 4.19. The van der Waals surface area contributed by atoms with Gasteiger partial charge in [0.25, 0.3) is 0 Å². The van der Waals surface area contributed by atoms with Crippen molar-refractivity contribution in [3.05, 3.63) is 11.8 Å². The maximum atomic E-state index is 5.41. The molecule has 2 N–H and O–H groups in total. The summed E-state index contributed by atoms with van der Waals surface area (Å²) < 4.78 is 0. The van der Waals surface area contributed by atoms with Crippen molar-refractivity contribution >= 4 is 8.07 Å². The van der Waals surface area contributed by atoms with E-state index in [1.54, 1.807) is 0 Å². The minimum atomic E-state index is -1.19. The van der Waals surface area contributed by atoms with Crippen LogP contribution in [0, 0.1) is 0 Å². The first-order chi connectivity index (χ1) is 4.81. The van der Waals surface area contributed by atoms with Gasteiger partial charge in [0.1, 0.15) is 0 Å². The third-order valence-electron chi connectivity index (χ3n) is 2.60. The van der Waals surface area contributed by atoms with Crippen molar-refractivity contribution in [3.63, 3.8) is 0 Å². The number of hydrogen-bond donors (Lipinski definition) is 1. The molecule has 0 aliphatic rings. The molecule has 0 aromatic carbocycles. The largest absolute Gasteiger partial charge is 0.327 e. The van der Waals surface area contributed by atoms with Crippen molar-refractivity contribution in [1.29, 1.82) is 0 Å². The Bertz CT molecular complexity index is 142. The first-order valence-corrected chi connectivity index (χ1v) is 7.27. The van der Waals surface area contributed by atoms with Gasteiger partial charge in [-0.05, 0) is 5.04 Å². The zero-order valence-electron chi connectivity index (χ0n) is 8.44. The van der Waals surface area contributed by atoms with Gasteiger partial charge in [0.2, 0.25) is 0 Å². The van der Waals surface area contributed by atoms with Crippen molar-refractivity contribution in [1.82, 2.24) is 0 Å². The minimum Gasteiger partial charge on any atom is -0.327 e. The van der Waals surface area contributed by atoms with Gasteiger partial charge in [-0.25, -0.2) is 0 Å². The summed E-state index contributed by atoms with van der Waals surface area (Å²) in [6.07, 6.45) is 2.09. The standard InChI is InChI=1S/C9H21NSi/c1-9(2,3)11(4,5)8-6-7-10/h6,8H,7,10H2,1-5H3. The second kappa shape index (κ2) is 3.54. The van der Waals surface area contributed by atoms with E-state index in [4.69, 9.17) is 5.73 Å². The molecule has 0 aromatic heterocycles. The Hall–Kier alpha value is -0.0831. The third-order valence-corrected chi connectivity index (χ3v) is 7.54. The fourth-order valence-corrected chi connectivity index (χ4v) is 1.84. The molecule has 0 saturated heterocycles. The Kier molecular flexibility index (Phi) is 3.52. The molecule has 0 unspecified atom stereocenters. The van der Waals surface area contributed by atoms with E-state index in [1.165, 1.54) is 0 Å². The summed E-state index contributed by atoms with van der Waals surface area (Å²) in [6, 6.07) is 0. The van der Waals surface area contributed by atoms with Crippen LogP contribution < -0.4 is 5.73 Å². The van der Waals surface area contributed by atoms with Gasteiger partial charge >= 0.3 is 0 Å². The van der Waals surface area contributed by atoms with Crippen molar-refractivity contribution in [2.75, 3.05) is 6.54 Å². The second-order valence-corrected chi connectivity index (χ2v) is 9.89. The van der Waals surface area contributed by atoms with Crippen molar-refractivity contribution in [2.45, 2.75) is 38.9 Å². The lowest BCUT2D eigenvalue weighted by atomic mass is 10.2. The van der Waals surface area contributed by atoms with E-state index in [0.717, 1.165) is 0 Å². The SMILES string of the molecule is CC(C)(C)[Si](C)(C)C=CCN. The lowest BCUT2D eigenvalue weighted by molar-refractivity contribution is 0.728. The maximum absolute atomic E-state index is 5.41. The van der Waals surface area contributed by atoms with Crippen LogP contribution in [0.25, 0.3) is 0 Å². The van der Waals surface area contributed by atoms with Crippen LogP contribution in [-0.2, 0) is 0 Å². The first kappa shape index (κ1) is 10.9. The smallest absolute Gasteiger partial charge is 0.0766 e. The summed E-state index contributed by atoms with van der Waals surface area (Å²) in [6.45, 7) is 12.3. The molecule has 0 fully saturated rings. The summed E-state index contributed by atoms with van der Waals surface area (Å²) >= 11 is 0. The van der Waals surface area contributed by atoms with Crippen LogP contribution in [0.15, 0.2) is 11.8 Å². The zero-order chi connectivity index (χ0) is 9.12. The van der Waals surface area contributed by atoms with Crippen LogP contribution in [-0.4, -0.2) is 14.6 Å². The van der Waals surface area contributed by atoms with E-state index in [0.29, 0.717) is 11.6 Å². The molecule has 0 radical (unpaired) electrons. The van der Waals surface area contributed by atoms with Crippen LogP contribution >= 0.6 is 0 Å². The van der Waals surface area contributed by atoms with E-state index >= 15 is 0 Å². The van der Waals surface area contributed by atoms with Crippen LogP contribution in [0.4, 0.5) is 0 Å². The van der Waals surface area contributed by atoms with Gasteiger partial charge in [-0.15, -0.1) is 0 Å². The van der Waals surface area contributed by atoms with E-state index in [9.17, 15) is 0 Å². The molecule has 11 heavy (non-hydrogen) atoms. The second-order valence-electron chi connectivity index (χ2n) is 4.61. The molecule has 0 rings (SSSR count). The number of rotatable bonds is 2. The fraction of sp³-hybridized carbons (Fsp3) is 0.778. The summed E-state index contributed by atoms with van der Waals surface area (Å²) in [5, 5.41) is 0.443. The lowest BCUT2D eigenvalue weighted by Gasteiger charge is -2.34. The molecule has 0 atom stereocenters. The summed E-state index contributed by atoms with van der Waals surface area (Å²) in [5.74, 6) is 0. The van der Waals surface area contributed by atoms with Gasteiger partial charge in [-0.1, -0.05) is 45.6 Å². The Morgan fingerprint density at radius 1 is 1.27 bits per heavy atom. The summed E-state index contributed by atoms with van der Waals surface area (Å²) in [7, 11) is -1.19.